The molecule has 2 heterocycles. The van der Waals surface area contributed by atoms with Gasteiger partial charge in [0, 0.05) is 23.7 Å². The van der Waals surface area contributed by atoms with Gasteiger partial charge in [-0.05, 0) is 25.0 Å². The Bertz CT molecular complexity index is 515. The number of thiazole rings is 1. The molecule has 0 amide bonds. The molecule has 0 saturated carbocycles. The molecule has 2 N–H and O–H groups in total. The van der Waals surface area contributed by atoms with Gasteiger partial charge in [-0.2, -0.15) is 0 Å². The fraction of sp³-hybridized carbons (Fsp3) is 0.467. The molecular weight excluding hydrogens is 270 g/mol. The maximum absolute atomic E-state index is 9.55. The molecule has 0 aliphatic heterocycles. The van der Waals surface area contributed by atoms with E-state index in [4.69, 9.17) is 0 Å². The summed E-state index contributed by atoms with van der Waals surface area (Å²) >= 11 is 1.60. The average Bonchev–Trinajstić information content (AvgIpc) is 2.99. The number of aromatic nitrogens is 2. The summed E-state index contributed by atoms with van der Waals surface area (Å²) in [6, 6.07) is 5.83. The van der Waals surface area contributed by atoms with Crippen LogP contribution in [-0.4, -0.2) is 27.2 Å². The monoisotopic (exact) mass is 291 g/mol. The predicted molar refractivity (Wildman–Crippen MR) is 82.6 cm³/mol. The summed E-state index contributed by atoms with van der Waals surface area (Å²) in [7, 11) is 0. The van der Waals surface area contributed by atoms with E-state index in [1.807, 2.05) is 23.6 Å². The van der Waals surface area contributed by atoms with Gasteiger partial charge in [0.2, 0.25) is 0 Å². The van der Waals surface area contributed by atoms with Crippen molar-refractivity contribution in [3.8, 4) is 10.7 Å². The van der Waals surface area contributed by atoms with Gasteiger partial charge in [0.25, 0.3) is 0 Å². The Morgan fingerprint density at radius 1 is 1.30 bits per heavy atom. The minimum atomic E-state index is -0.200. The Hall–Kier alpha value is -1.30. The predicted octanol–water partition coefficient (Wildman–Crippen LogP) is 2.85. The summed E-state index contributed by atoms with van der Waals surface area (Å²) in [6.45, 7) is 5.00. The van der Waals surface area contributed by atoms with Crippen LogP contribution in [0.4, 0.5) is 0 Å². The standard InChI is InChI=1S/C15H21N3OS/c1-3-15(4-2,11-19)17-9-12-10-20-14(18-12)13-7-5-6-8-16-13/h5-8,10,17,19H,3-4,9,11H2,1-2H3. The Morgan fingerprint density at radius 3 is 2.70 bits per heavy atom. The molecule has 2 aromatic heterocycles. The third-order valence-electron chi connectivity index (χ3n) is 3.74. The number of nitrogens with one attached hydrogen (secondary N) is 1. The number of aliphatic hydroxyl groups excluding tert-OH is 1. The molecule has 5 heteroatoms. The quantitative estimate of drug-likeness (QED) is 0.823. The molecule has 2 aromatic rings. The highest BCUT2D eigenvalue weighted by Gasteiger charge is 2.24. The number of aliphatic hydroxyl groups is 1. The second kappa shape index (κ2) is 6.92. The fourth-order valence-corrected chi connectivity index (χ4v) is 2.85. The Kier molecular flexibility index (Phi) is 5.23. The van der Waals surface area contributed by atoms with E-state index in [0.29, 0.717) is 6.54 Å². The van der Waals surface area contributed by atoms with Crippen molar-refractivity contribution in [2.24, 2.45) is 0 Å². The highest BCUT2D eigenvalue weighted by atomic mass is 32.1. The molecule has 0 radical (unpaired) electrons. The number of hydrogen-bond acceptors (Lipinski definition) is 5. The van der Waals surface area contributed by atoms with E-state index in [-0.39, 0.29) is 12.1 Å². The minimum Gasteiger partial charge on any atom is -0.394 e. The van der Waals surface area contributed by atoms with Gasteiger partial charge in [-0.15, -0.1) is 11.3 Å². The molecule has 2 rings (SSSR count). The Balaban J connectivity index is 2.03. The van der Waals surface area contributed by atoms with Crippen molar-refractivity contribution in [3.63, 3.8) is 0 Å². The number of nitrogens with zero attached hydrogens (tertiary/aromatic N) is 2. The van der Waals surface area contributed by atoms with Crippen molar-refractivity contribution in [2.45, 2.75) is 38.8 Å². The van der Waals surface area contributed by atoms with Gasteiger partial charge >= 0.3 is 0 Å². The van der Waals surface area contributed by atoms with Crippen LogP contribution < -0.4 is 5.32 Å². The van der Waals surface area contributed by atoms with Gasteiger partial charge in [-0.1, -0.05) is 19.9 Å². The van der Waals surface area contributed by atoms with E-state index in [1.54, 1.807) is 17.5 Å². The first-order valence-electron chi connectivity index (χ1n) is 6.94. The normalized spacial score (nSPS) is 11.8. The minimum absolute atomic E-state index is 0.150. The van der Waals surface area contributed by atoms with Crippen molar-refractivity contribution in [2.75, 3.05) is 6.61 Å². The zero-order valence-corrected chi connectivity index (χ0v) is 12.8. The van der Waals surface area contributed by atoms with E-state index in [1.165, 1.54) is 0 Å². The van der Waals surface area contributed by atoms with Crippen LogP contribution in [0.2, 0.25) is 0 Å². The first kappa shape index (κ1) is 15.1. The average molecular weight is 291 g/mol. The SMILES string of the molecule is CCC(CC)(CO)NCc1csc(-c2ccccn2)n1. The summed E-state index contributed by atoms with van der Waals surface area (Å²) in [5.41, 5.74) is 1.70. The lowest BCUT2D eigenvalue weighted by molar-refractivity contribution is 0.149. The number of pyridine rings is 1. The highest BCUT2D eigenvalue weighted by molar-refractivity contribution is 7.13. The highest BCUT2D eigenvalue weighted by Crippen LogP contribution is 2.22. The van der Waals surface area contributed by atoms with E-state index in [9.17, 15) is 5.11 Å². The van der Waals surface area contributed by atoms with Gasteiger partial charge < -0.3 is 10.4 Å². The number of hydrogen-bond donors (Lipinski definition) is 2. The first-order valence-corrected chi connectivity index (χ1v) is 7.82. The molecule has 0 atom stereocenters. The Morgan fingerprint density at radius 2 is 2.10 bits per heavy atom. The summed E-state index contributed by atoms with van der Waals surface area (Å²) in [6.07, 6.45) is 3.58. The van der Waals surface area contributed by atoms with Gasteiger partial charge in [0.1, 0.15) is 5.01 Å². The van der Waals surface area contributed by atoms with Crippen LogP contribution in [0.15, 0.2) is 29.8 Å². The molecule has 0 saturated heterocycles. The maximum Gasteiger partial charge on any atom is 0.142 e. The second-order valence-corrected chi connectivity index (χ2v) is 5.72. The summed E-state index contributed by atoms with van der Waals surface area (Å²) in [4.78, 5) is 8.91. The molecule has 108 valence electrons. The molecule has 0 spiro atoms. The Labute approximate surface area is 123 Å². The molecular formula is C15H21N3OS. The van der Waals surface area contributed by atoms with Crippen molar-refractivity contribution in [1.29, 1.82) is 0 Å². The lowest BCUT2D eigenvalue weighted by atomic mass is 9.94. The van der Waals surface area contributed by atoms with Gasteiger partial charge in [-0.25, -0.2) is 4.98 Å². The third-order valence-corrected chi connectivity index (χ3v) is 4.65. The van der Waals surface area contributed by atoms with E-state index < -0.39 is 0 Å². The third kappa shape index (κ3) is 3.42. The van der Waals surface area contributed by atoms with Crippen molar-refractivity contribution >= 4 is 11.3 Å². The number of rotatable bonds is 7. The molecule has 0 aromatic carbocycles. The zero-order chi connectivity index (χ0) is 14.4. The van der Waals surface area contributed by atoms with Crippen molar-refractivity contribution < 1.29 is 5.11 Å². The molecule has 0 aliphatic carbocycles. The van der Waals surface area contributed by atoms with Crippen LogP contribution in [-0.2, 0) is 6.54 Å². The molecule has 0 bridgehead atoms. The smallest absolute Gasteiger partial charge is 0.142 e. The van der Waals surface area contributed by atoms with Crippen LogP contribution >= 0.6 is 11.3 Å². The first-order chi connectivity index (χ1) is 9.73. The van der Waals surface area contributed by atoms with Crippen LogP contribution in [0.3, 0.4) is 0 Å². The largest absolute Gasteiger partial charge is 0.394 e. The summed E-state index contributed by atoms with van der Waals surface area (Å²) in [5.74, 6) is 0. The summed E-state index contributed by atoms with van der Waals surface area (Å²) < 4.78 is 0. The van der Waals surface area contributed by atoms with Gasteiger partial charge in [0.15, 0.2) is 0 Å². The maximum atomic E-state index is 9.55. The van der Waals surface area contributed by atoms with E-state index >= 15 is 0 Å². The van der Waals surface area contributed by atoms with Gasteiger partial charge in [0.05, 0.1) is 18.0 Å². The molecule has 0 unspecified atom stereocenters. The topological polar surface area (TPSA) is 58.0 Å². The zero-order valence-electron chi connectivity index (χ0n) is 12.0. The second-order valence-electron chi connectivity index (χ2n) is 4.86. The van der Waals surface area contributed by atoms with Crippen molar-refractivity contribution in [3.05, 3.63) is 35.5 Å². The lowest BCUT2D eigenvalue weighted by Crippen LogP contribution is -2.47. The van der Waals surface area contributed by atoms with Crippen LogP contribution in [0.25, 0.3) is 10.7 Å². The molecule has 0 aliphatic rings. The van der Waals surface area contributed by atoms with E-state index in [0.717, 1.165) is 29.2 Å². The van der Waals surface area contributed by atoms with Crippen LogP contribution in [0, 0.1) is 0 Å². The fourth-order valence-electron chi connectivity index (χ4n) is 2.05. The van der Waals surface area contributed by atoms with Crippen LogP contribution in [0.5, 0.6) is 0 Å². The molecule has 0 fully saturated rings. The van der Waals surface area contributed by atoms with Gasteiger partial charge in [-0.3, -0.25) is 4.98 Å². The van der Waals surface area contributed by atoms with E-state index in [2.05, 4.69) is 29.1 Å². The van der Waals surface area contributed by atoms with Crippen molar-refractivity contribution in [1.82, 2.24) is 15.3 Å². The molecule has 20 heavy (non-hydrogen) atoms. The van der Waals surface area contributed by atoms with Crippen LogP contribution in [0.1, 0.15) is 32.4 Å². The molecule has 4 nitrogen and oxygen atoms in total. The summed E-state index contributed by atoms with van der Waals surface area (Å²) in [5, 5.41) is 16.0. The lowest BCUT2D eigenvalue weighted by Gasteiger charge is -2.30.